The van der Waals surface area contributed by atoms with Crippen LogP contribution in [0.1, 0.15) is 31.4 Å². The van der Waals surface area contributed by atoms with E-state index in [1.54, 1.807) is 13.2 Å². The first-order chi connectivity index (χ1) is 15.5. The van der Waals surface area contributed by atoms with Gasteiger partial charge in [-0.3, -0.25) is 0 Å². The summed E-state index contributed by atoms with van der Waals surface area (Å²) in [5.74, 6) is -0.486. The number of nitrogens with zero attached hydrogens (tertiary/aromatic N) is 4. The van der Waals surface area contributed by atoms with Crippen LogP contribution < -0.4 is 15.4 Å². The van der Waals surface area contributed by atoms with E-state index < -0.39 is 23.8 Å². The quantitative estimate of drug-likeness (QED) is 0.629. The number of pyridine rings is 1. The number of hydrogen-bond acceptors (Lipinski definition) is 6. The molecular weight excluding hydrogens is 421 g/mol. The van der Waals surface area contributed by atoms with Crippen molar-refractivity contribution >= 4 is 11.5 Å². The predicted octanol–water partition coefficient (Wildman–Crippen LogP) is 3.24. The Bertz CT molecular complexity index is 1200. The summed E-state index contributed by atoms with van der Waals surface area (Å²) in [5, 5.41) is 10.6. The largest absolute Gasteiger partial charge is 0.495 e. The van der Waals surface area contributed by atoms with Gasteiger partial charge in [0.25, 0.3) is 0 Å². The highest BCUT2D eigenvalue weighted by Gasteiger charge is 2.59. The fourth-order valence-electron chi connectivity index (χ4n) is 5.24. The summed E-state index contributed by atoms with van der Waals surface area (Å²) >= 11 is 0. The molecular formula is C22H23F3N6O. The molecule has 3 saturated carbocycles. The lowest BCUT2D eigenvalue weighted by Gasteiger charge is -2.61. The molecule has 10 heteroatoms. The molecule has 32 heavy (non-hydrogen) atoms. The first-order valence-corrected chi connectivity index (χ1v) is 10.9. The molecule has 3 aliphatic carbocycles. The molecule has 2 bridgehead atoms. The first kappa shape index (κ1) is 19.8. The lowest BCUT2D eigenvalue weighted by molar-refractivity contribution is -0.0333. The van der Waals surface area contributed by atoms with Crippen LogP contribution >= 0.6 is 0 Å². The van der Waals surface area contributed by atoms with Gasteiger partial charge in [0.05, 0.1) is 19.3 Å². The molecule has 2 atom stereocenters. The highest BCUT2D eigenvalue weighted by atomic mass is 19.1. The van der Waals surface area contributed by atoms with Gasteiger partial charge in [-0.1, -0.05) is 0 Å². The fourth-order valence-corrected chi connectivity index (χ4v) is 5.24. The Morgan fingerprint density at radius 1 is 1.22 bits per heavy atom. The molecule has 1 aliphatic heterocycles. The van der Waals surface area contributed by atoms with Crippen LogP contribution in [-0.2, 0) is 5.41 Å². The minimum atomic E-state index is -1.15. The molecule has 4 heterocycles. The summed E-state index contributed by atoms with van der Waals surface area (Å²) in [6.07, 6.45) is 3.85. The van der Waals surface area contributed by atoms with Gasteiger partial charge in [-0.2, -0.15) is 5.10 Å². The molecule has 0 amide bonds. The van der Waals surface area contributed by atoms with Crippen molar-refractivity contribution in [3.8, 4) is 17.1 Å². The van der Waals surface area contributed by atoms with Gasteiger partial charge in [0.2, 0.25) is 0 Å². The highest BCUT2D eigenvalue weighted by Crippen LogP contribution is 2.66. The number of methoxy groups -OCH3 is 1. The molecule has 2 N–H and O–H groups in total. The number of nitrogens with one attached hydrogen (secondary N) is 2. The normalized spacial score (nSPS) is 28.8. The van der Waals surface area contributed by atoms with E-state index >= 15 is 0 Å². The van der Waals surface area contributed by atoms with Crippen LogP contribution in [0, 0.1) is 17.6 Å². The number of rotatable bonds is 5. The molecule has 4 fully saturated rings. The summed E-state index contributed by atoms with van der Waals surface area (Å²) in [6.45, 7) is 0.893. The lowest BCUT2D eigenvalue weighted by Crippen LogP contribution is -2.56. The van der Waals surface area contributed by atoms with Gasteiger partial charge in [0.1, 0.15) is 29.0 Å². The Kier molecular flexibility index (Phi) is 4.36. The number of imidazole rings is 1. The van der Waals surface area contributed by atoms with Gasteiger partial charge in [-0.15, -0.1) is 0 Å². The Morgan fingerprint density at radius 2 is 2.03 bits per heavy atom. The second-order valence-electron chi connectivity index (χ2n) is 9.14. The maximum absolute atomic E-state index is 14.8. The van der Waals surface area contributed by atoms with E-state index in [-0.39, 0.29) is 16.9 Å². The number of hydrogen-bond donors (Lipinski definition) is 2. The smallest absolute Gasteiger partial charge is 0.168 e. The minimum Gasteiger partial charge on any atom is -0.495 e. The Balaban J connectivity index is 1.42. The highest BCUT2D eigenvalue weighted by molar-refractivity contribution is 5.63. The monoisotopic (exact) mass is 444 g/mol. The summed E-state index contributed by atoms with van der Waals surface area (Å²) in [7, 11) is 1.60. The average Bonchev–Trinajstić information content (AvgIpc) is 3.11. The van der Waals surface area contributed by atoms with Crippen molar-refractivity contribution in [2.75, 3.05) is 25.5 Å². The number of fused-ring (bicyclic) bond motifs is 1. The summed E-state index contributed by atoms with van der Waals surface area (Å²) in [4.78, 5) is 8.52. The SMILES string of the molecule is COc1cc2ncc(-c3nc(N[C@H]4CNCC[C@@H]4F)c(F)cc3F)n2nc1C12CC(C1)C2. The van der Waals surface area contributed by atoms with Crippen molar-refractivity contribution in [1.82, 2.24) is 24.9 Å². The fraction of sp³-hybridized carbons (Fsp3) is 0.500. The molecule has 0 spiro atoms. The van der Waals surface area contributed by atoms with Gasteiger partial charge < -0.3 is 15.4 Å². The van der Waals surface area contributed by atoms with E-state index in [2.05, 4.69) is 20.6 Å². The van der Waals surface area contributed by atoms with Gasteiger partial charge in [-0.25, -0.2) is 27.7 Å². The maximum Gasteiger partial charge on any atom is 0.168 e. The van der Waals surface area contributed by atoms with E-state index in [0.29, 0.717) is 36.6 Å². The first-order valence-electron chi connectivity index (χ1n) is 10.9. The molecule has 3 aromatic rings. The predicted molar refractivity (Wildman–Crippen MR) is 111 cm³/mol. The van der Waals surface area contributed by atoms with Crippen molar-refractivity contribution in [3.05, 3.63) is 35.7 Å². The van der Waals surface area contributed by atoms with E-state index in [0.717, 1.165) is 36.9 Å². The third kappa shape index (κ3) is 2.88. The standard InChI is InChI=1S/C22H23F3N6O/c1-32-17-5-18-27-10-16(31(18)30-20(17)22-6-11(7-22)8-22)19-13(24)4-14(25)21(29-19)28-15-9-26-3-2-12(15)23/h4-5,10-12,15,26H,2-3,6-9H2,1H3,(H,28,29)/t11?,12-,15-,22?/m0/s1. The van der Waals surface area contributed by atoms with Crippen LogP contribution in [0.2, 0.25) is 0 Å². The van der Waals surface area contributed by atoms with Gasteiger partial charge in [0, 0.05) is 24.1 Å². The van der Waals surface area contributed by atoms with Crippen LogP contribution in [0.4, 0.5) is 19.0 Å². The average molecular weight is 444 g/mol. The van der Waals surface area contributed by atoms with E-state index in [4.69, 9.17) is 9.84 Å². The second kappa shape index (κ2) is 7.06. The van der Waals surface area contributed by atoms with Crippen LogP contribution in [0.3, 0.4) is 0 Å². The van der Waals surface area contributed by atoms with Crippen LogP contribution in [-0.4, -0.2) is 52.0 Å². The zero-order valence-corrected chi connectivity index (χ0v) is 17.5. The van der Waals surface area contributed by atoms with Gasteiger partial charge in [-0.05, 0) is 38.1 Å². The molecule has 0 aromatic carbocycles. The van der Waals surface area contributed by atoms with Crippen molar-refractivity contribution in [3.63, 3.8) is 0 Å². The van der Waals surface area contributed by atoms with Crippen LogP contribution in [0.25, 0.3) is 17.0 Å². The van der Waals surface area contributed by atoms with Crippen molar-refractivity contribution in [2.24, 2.45) is 5.92 Å². The summed E-state index contributed by atoms with van der Waals surface area (Å²) in [5.41, 5.74) is 1.53. The maximum atomic E-state index is 14.8. The molecule has 0 unspecified atom stereocenters. The molecule has 0 radical (unpaired) electrons. The van der Waals surface area contributed by atoms with Gasteiger partial charge in [0.15, 0.2) is 23.1 Å². The summed E-state index contributed by atoms with van der Waals surface area (Å²) in [6, 6.07) is 1.90. The van der Waals surface area contributed by atoms with E-state index in [1.807, 2.05) is 0 Å². The number of anilines is 1. The molecule has 4 aliphatic rings. The van der Waals surface area contributed by atoms with Crippen molar-refractivity contribution in [2.45, 2.75) is 43.3 Å². The number of piperidine rings is 1. The zero-order chi connectivity index (χ0) is 22.0. The van der Waals surface area contributed by atoms with E-state index in [1.165, 1.54) is 10.7 Å². The number of ether oxygens (including phenoxy) is 1. The third-order valence-electron chi connectivity index (χ3n) is 7.11. The molecule has 1 saturated heterocycles. The Hall–Kier alpha value is -2.88. The number of aromatic nitrogens is 4. The second-order valence-corrected chi connectivity index (χ2v) is 9.14. The van der Waals surface area contributed by atoms with Crippen molar-refractivity contribution < 1.29 is 17.9 Å². The van der Waals surface area contributed by atoms with Crippen molar-refractivity contribution in [1.29, 1.82) is 0 Å². The lowest BCUT2D eigenvalue weighted by atomic mass is 9.43. The topological polar surface area (TPSA) is 76.4 Å². The molecule has 7 nitrogen and oxygen atoms in total. The van der Waals surface area contributed by atoms with Crippen LogP contribution in [0.15, 0.2) is 18.3 Å². The minimum absolute atomic E-state index is 0.0113. The third-order valence-corrected chi connectivity index (χ3v) is 7.11. The van der Waals surface area contributed by atoms with Crippen LogP contribution in [0.5, 0.6) is 5.75 Å². The number of halogens is 3. The van der Waals surface area contributed by atoms with E-state index in [9.17, 15) is 13.2 Å². The molecule has 168 valence electrons. The molecule has 7 rings (SSSR count). The molecule has 3 aromatic heterocycles. The Morgan fingerprint density at radius 3 is 2.72 bits per heavy atom. The van der Waals surface area contributed by atoms with Gasteiger partial charge >= 0.3 is 0 Å². The Labute approximate surface area is 182 Å². The summed E-state index contributed by atoms with van der Waals surface area (Å²) < 4.78 is 50.6. The number of alkyl halides is 1. The zero-order valence-electron chi connectivity index (χ0n) is 17.5.